The third-order valence-electron chi connectivity index (χ3n) is 3.31. The molecule has 1 aliphatic rings. The lowest BCUT2D eigenvalue weighted by atomic mass is 10.2. The molecule has 124 valence electrons. The van der Waals surface area contributed by atoms with Gasteiger partial charge >= 0.3 is 5.97 Å². The van der Waals surface area contributed by atoms with E-state index in [-0.39, 0.29) is 13.6 Å². The quantitative estimate of drug-likeness (QED) is 0.478. The largest absolute Gasteiger partial charge is 0.478 e. The predicted molar refractivity (Wildman–Crippen MR) is 86.0 cm³/mol. The van der Waals surface area contributed by atoms with Crippen molar-refractivity contribution in [2.75, 3.05) is 13.6 Å². The van der Waals surface area contributed by atoms with Gasteiger partial charge in [-0.05, 0) is 41.5 Å². The summed E-state index contributed by atoms with van der Waals surface area (Å²) in [6, 6.07) is 12.7. The van der Waals surface area contributed by atoms with Crippen molar-refractivity contribution in [1.82, 2.24) is 0 Å². The first kappa shape index (κ1) is 15.9. The van der Waals surface area contributed by atoms with E-state index in [1.54, 1.807) is 24.3 Å². The van der Waals surface area contributed by atoms with Crippen LogP contribution in [-0.2, 0) is 16.1 Å². The van der Waals surface area contributed by atoms with Crippen LogP contribution < -0.4 is 14.2 Å². The smallest absolute Gasteiger partial charge is 0.328 e. The van der Waals surface area contributed by atoms with Gasteiger partial charge < -0.3 is 24.1 Å². The molecule has 0 aliphatic carbocycles. The Bertz CT molecular complexity index is 736. The number of carboxylic acids is 1. The summed E-state index contributed by atoms with van der Waals surface area (Å²) >= 11 is 0. The topological polar surface area (TPSA) is 74.2 Å². The third-order valence-corrected chi connectivity index (χ3v) is 3.31. The second-order valence-electron chi connectivity index (χ2n) is 5.04. The highest BCUT2D eigenvalue weighted by atomic mass is 16.7. The van der Waals surface area contributed by atoms with E-state index in [4.69, 9.17) is 24.1 Å². The minimum absolute atomic E-state index is 0.110. The molecule has 2 aromatic rings. The Morgan fingerprint density at radius 2 is 1.92 bits per heavy atom. The number of fused-ring (bicyclic) bond motifs is 1. The van der Waals surface area contributed by atoms with Crippen molar-refractivity contribution in [2.45, 2.75) is 6.61 Å². The number of rotatable bonds is 7. The fraction of sp³-hybridized carbons (Fsp3) is 0.167. The standard InChI is InChI=1S/C18H16O6/c19-18(20)8-4-13-1-5-15(6-2-13)22-11-21-10-14-3-7-16-17(9-14)24-12-23-16/h1-9H,10-12H2,(H,19,20)/b8-4+. The maximum absolute atomic E-state index is 10.5. The van der Waals surface area contributed by atoms with Crippen LogP contribution in [0.25, 0.3) is 6.08 Å². The van der Waals surface area contributed by atoms with Crippen molar-refractivity contribution < 1.29 is 28.8 Å². The molecule has 1 heterocycles. The number of carboxylic acid groups (broad SMARTS) is 1. The van der Waals surface area contributed by atoms with Crippen molar-refractivity contribution in [3.05, 3.63) is 59.7 Å². The van der Waals surface area contributed by atoms with E-state index in [1.807, 2.05) is 18.2 Å². The second kappa shape index (κ2) is 7.52. The van der Waals surface area contributed by atoms with Crippen molar-refractivity contribution in [3.8, 4) is 17.2 Å². The van der Waals surface area contributed by atoms with Gasteiger partial charge in [0.2, 0.25) is 6.79 Å². The van der Waals surface area contributed by atoms with Crippen LogP contribution in [-0.4, -0.2) is 24.7 Å². The maximum Gasteiger partial charge on any atom is 0.328 e. The maximum atomic E-state index is 10.5. The molecule has 0 bridgehead atoms. The van der Waals surface area contributed by atoms with Gasteiger partial charge in [0, 0.05) is 6.08 Å². The molecule has 0 spiro atoms. The number of benzene rings is 2. The normalized spacial score (nSPS) is 12.5. The molecule has 0 atom stereocenters. The zero-order valence-corrected chi connectivity index (χ0v) is 12.8. The van der Waals surface area contributed by atoms with Crippen molar-refractivity contribution in [3.63, 3.8) is 0 Å². The SMILES string of the molecule is O=C(O)/C=C/c1ccc(OCOCc2ccc3c(c2)OCO3)cc1. The van der Waals surface area contributed by atoms with Gasteiger partial charge in [0.25, 0.3) is 0 Å². The highest BCUT2D eigenvalue weighted by Crippen LogP contribution is 2.32. The molecule has 0 saturated heterocycles. The van der Waals surface area contributed by atoms with Crippen molar-refractivity contribution in [2.24, 2.45) is 0 Å². The summed E-state index contributed by atoms with van der Waals surface area (Å²) in [7, 11) is 0. The summed E-state index contributed by atoms with van der Waals surface area (Å²) < 4.78 is 21.5. The zero-order valence-electron chi connectivity index (χ0n) is 12.8. The Morgan fingerprint density at radius 3 is 2.71 bits per heavy atom. The molecule has 3 rings (SSSR count). The molecule has 0 aromatic heterocycles. The Labute approximate surface area is 138 Å². The molecule has 1 N–H and O–H groups in total. The van der Waals surface area contributed by atoms with Crippen LogP contribution in [0, 0.1) is 0 Å². The van der Waals surface area contributed by atoms with Gasteiger partial charge in [0.1, 0.15) is 5.75 Å². The lowest BCUT2D eigenvalue weighted by Gasteiger charge is -2.08. The highest BCUT2D eigenvalue weighted by molar-refractivity contribution is 5.85. The van der Waals surface area contributed by atoms with Crippen LogP contribution >= 0.6 is 0 Å². The number of aliphatic carboxylic acids is 1. The van der Waals surface area contributed by atoms with Gasteiger partial charge in [-0.1, -0.05) is 18.2 Å². The van der Waals surface area contributed by atoms with E-state index >= 15 is 0 Å². The van der Waals surface area contributed by atoms with Gasteiger partial charge in [-0.15, -0.1) is 0 Å². The average Bonchev–Trinajstić information content (AvgIpc) is 3.05. The third kappa shape index (κ3) is 4.27. The van der Waals surface area contributed by atoms with E-state index in [1.165, 1.54) is 6.08 Å². The first-order valence-corrected chi connectivity index (χ1v) is 7.31. The molecular formula is C18H16O6. The van der Waals surface area contributed by atoms with Crippen LogP contribution in [0.4, 0.5) is 0 Å². The molecule has 0 amide bonds. The highest BCUT2D eigenvalue weighted by Gasteiger charge is 2.12. The average molecular weight is 328 g/mol. The van der Waals surface area contributed by atoms with Crippen LogP contribution in [0.3, 0.4) is 0 Å². The minimum atomic E-state index is -0.979. The van der Waals surface area contributed by atoms with Crippen LogP contribution in [0.2, 0.25) is 0 Å². The minimum Gasteiger partial charge on any atom is -0.478 e. The molecule has 2 aromatic carbocycles. The summed E-state index contributed by atoms with van der Waals surface area (Å²) in [5.41, 5.74) is 1.75. The molecular weight excluding hydrogens is 312 g/mol. The van der Waals surface area contributed by atoms with Gasteiger partial charge in [-0.2, -0.15) is 0 Å². The predicted octanol–water partition coefficient (Wildman–Crippen LogP) is 3.07. The summed E-state index contributed by atoms with van der Waals surface area (Å²) in [5.74, 6) is 1.13. The van der Waals surface area contributed by atoms with Crippen molar-refractivity contribution in [1.29, 1.82) is 0 Å². The number of ether oxygens (including phenoxy) is 4. The lowest BCUT2D eigenvalue weighted by molar-refractivity contribution is -0.131. The zero-order chi connectivity index (χ0) is 16.8. The van der Waals surface area contributed by atoms with Gasteiger partial charge in [0.15, 0.2) is 18.3 Å². The molecule has 0 fully saturated rings. The molecule has 0 saturated carbocycles. The Hall–Kier alpha value is -2.99. The lowest BCUT2D eigenvalue weighted by Crippen LogP contribution is -2.03. The number of hydrogen-bond acceptors (Lipinski definition) is 5. The van der Waals surface area contributed by atoms with E-state index in [0.717, 1.165) is 28.7 Å². The van der Waals surface area contributed by atoms with Gasteiger partial charge in [-0.3, -0.25) is 0 Å². The fourth-order valence-electron chi connectivity index (χ4n) is 2.14. The van der Waals surface area contributed by atoms with Gasteiger partial charge in [-0.25, -0.2) is 4.79 Å². The van der Waals surface area contributed by atoms with E-state index in [9.17, 15) is 4.79 Å². The summed E-state index contributed by atoms with van der Waals surface area (Å²) in [6.45, 7) is 0.759. The van der Waals surface area contributed by atoms with E-state index < -0.39 is 5.97 Å². The second-order valence-corrected chi connectivity index (χ2v) is 5.04. The number of hydrogen-bond donors (Lipinski definition) is 1. The van der Waals surface area contributed by atoms with Crippen LogP contribution in [0.5, 0.6) is 17.2 Å². The van der Waals surface area contributed by atoms with E-state index in [2.05, 4.69) is 0 Å². The van der Waals surface area contributed by atoms with Crippen LogP contribution in [0.15, 0.2) is 48.5 Å². The Balaban J connectivity index is 1.44. The van der Waals surface area contributed by atoms with E-state index in [0.29, 0.717) is 12.4 Å². The summed E-state index contributed by atoms with van der Waals surface area (Å²) in [6.07, 6.45) is 2.60. The summed E-state index contributed by atoms with van der Waals surface area (Å²) in [5, 5.41) is 8.58. The Morgan fingerprint density at radius 1 is 1.12 bits per heavy atom. The Kier molecular flexibility index (Phi) is 4.98. The molecule has 1 aliphatic heterocycles. The first-order valence-electron chi connectivity index (χ1n) is 7.31. The first-order chi connectivity index (χ1) is 11.7. The van der Waals surface area contributed by atoms with Crippen LogP contribution in [0.1, 0.15) is 11.1 Å². The summed E-state index contributed by atoms with van der Waals surface area (Å²) in [4.78, 5) is 10.5. The van der Waals surface area contributed by atoms with Gasteiger partial charge in [0.05, 0.1) is 6.61 Å². The molecule has 6 nitrogen and oxygen atoms in total. The molecule has 6 heteroatoms. The fourth-order valence-corrected chi connectivity index (χ4v) is 2.14. The molecule has 0 radical (unpaired) electrons. The molecule has 0 unspecified atom stereocenters. The van der Waals surface area contributed by atoms with Crippen molar-refractivity contribution >= 4 is 12.0 Å². The number of carbonyl (C=O) groups is 1. The monoisotopic (exact) mass is 328 g/mol. The molecule has 24 heavy (non-hydrogen) atoms.